The van der Waals surface area contributed by atoms with E-state index in [1.54, 1.807) is 36.4 Å². The first kappa shape index (κ1) is 39.9. The van der Waals surface area contributed by atoms with Crippen molar-refractivity contribution in [1.29, 1.82) is 0 Å². The van der Waals surface area contributed by atoms with Crippen LogP contribution in [0, 0.1) is 0 Å². The second-order valence-electron chi connectivity index (χ2n) is 14.4. The van der Waals surface area contributed by atoms with Crippen molar-refractivity contribution in [1.82, 2.24) is 20.5 Å². The number of nitrogens with one attached hydrogen (secondary N) is 2. The van der Waals surface area contributed by atoms with Crippen LogP contribution >= 0.6 is 11.6 Å². The minimum Gasteiger partial charge on any atom is -0.446 e. The summed E-state index contributed by atoms with van der Waals surface area (Å²) in [6, 6.07) is 21.1. The number of aromatic nitrogens is 1. The summed E-state index contributed by atoms with van der Waals surface area (Å²) in [6.45, 7) is 0.762. The van der Waals surface area contributed by atoms with E-state index >= 15 is 0 Å². The van der Waals surface area contributed by atoms with Crippen LogP contribution in [0.2, 0.25) is 5.02 Å². The Morgan fingerprint density at radius 3 is 2.35 bits per heavy atom. The molecular formula is C42H50ClN5O7. The third kappa shape index (κ3) is 11.1. The average molecular weight is 772 g/mol. The van der Waals surface area contributed by atoms with Crippen molar-refractivity contribution < 1.29 is 33.1 Å². The van der Waals surface area contributed by atoms with E-state index in [1.165, 1.54) is 4.90 Å². The number of nitrogens with zero attached hydrogens (tertiary/aromatic N) is 2. The van der Waals surface area contributed by atoms with E-state index in [1.807, 2.05) is 42.5 Å². The number of ketones is 1. The van der Waals surface area contributed by atoms with Crippen LogP contribution in [0.3, 0.4) is 0 Å². The van der Waals surface area contributed by atoms with Crippen LogP contribution in [-0.2, 0) is 32.1 Å². The molecule has 2 aliphatic rings. The van der Waals surface area contributed by atoms with Gasteiger partial charge in [-0.2, -0.15) is 0 Å². The van der Waals surface area contributed by atoms with Crippen LogP contribution in [0.4, 0.5) is 4.79 Å². The Balaban J connectivity index is 1.23. The molecule has 1 saturated heterocycles. The van der Waals surface area contributed by atoms with Gasteiger partial charge in [0, 0.05) is 18.0 Å². The van der Waals surface area contributed by atoms with Gasteiger partial charge in [-0.15, -0.1) is 0 Å². The molecule has 1 aliphatic heterocycles. The second-order valence-corrected chi connectivity index (χ2v) is 14.8. The maximum atomic E-state index is 14.6. The van der Waals surface area contributed by atoms with E-state index in [0.29, 0.717) is 48.4 Å². The van der Waals surface area contributed by atoms with Crippen molar-refractivity contribution in [3.8, 4) is 0 Å². The minimum atomic E-state index is -0.994. The fourth-order valence-electron chi connectivity index (χ4n) is 7.29. The van der Waals surface area contributed by atoms with Crippen molar-refractivity contribution in [3.63, 3.8) is 0 Å². The number of likely N-dealkylation sites (tertiary alicyclic amines) is 1. The third-order valence-electron chi connectivity index (χ3n) is 10.3. The molecule has 13 heteroatoms. The Bertz CT molecular complexity index is 1850. The summed E-state index contributed by atoms with van der Waals surface area (Å²) in [6.07, 6.45) is 5.75. The number of benzene rings is 3. The van der Waals surface area contributed by atoms with Crippen LogP contribution in [0.15, 0.2) is 83.3 Å². The van der Waals surface area contributed by atoms with Crippen LogP contribution in [0.5, 0.6) is 0 Å². The van der Waals surface area contributed by atoms with E-state index in [2.05, 4.69) is 15.6 Å². The summed E-state index contributed by atoms with van der Waals surface area (Å²) in [5.41, 5.74) is 8.64. The number of nitrogens with two attached hydrogens (primary N) is 1. The fourth-order valence-corrected chi connectivity index (χ4v) is 7.41. The lowest BCUT2D eigenvalue weighted by atomic mass is 9.98. The lowest BCUT2D eigenvalue weighted by Crippen LogP contribution is -2.55. The Morgan fingerprint density at radius 2 is 1.60 bits per heavy atom. The lowest BCUT2D eigenvalue weighted by molar-refractivity contribution is -0.140. The zero-order valence-electron chi connectivity index (χ0n) is 31.0. The molecule has 292 valence electrons. The number of oxazole rings is 1. The van der Waals surface area contributed by atoms with Gasteiger partial charge in [0.15, 0.2) is 5.58 Å². The van der Waals surface area contributed by atoms with E-state index in [0.717, 1.165) is 43.2 Å². The highest BCUT2D eigenvalue weighted by Gasteiger charge is 2.44. The SMILES string of the molecule is NCCCC[C@H](NC(=O)[C@@H]1C[C@@H](OCc2ccc(Cl)cc2)CN1C(=O)[C@@H](CCc1ccccc1)NC(=O)OC1CCCCC1)C(=O)c1nc2ccccc2o1. The van der Waals surface area contributed by atoms with Crippen LogP contribution in [0.1, 0.15) is 86.0 Å². The van der Waals surface area contributed by atoms with Gasteiger partial charge in [0.2, 0.25) is 17.6 Å². The molecule has 55 heavy (non-hydrogen) atoms. The van der Waals surface area contributed by atoms with E-state index in [-0.39, 0.29) is 38.0 Å². The molecule has 4 atom stereocenters. The average Bonchev–Trinajstić information content (AvgIpc) is 3.84. The minimum absolute atomic E-state index is 0.0998. The summed E-state index contributed by atoms with van der Waals surface area (Å²) >= 11 is 6.09. The Labute approximate surface area is 326 Å². The van der Waals surface area contributed by atoms with Crippen LogP contribution in [0.25, 0.3) is 11.1 Å². The Morgan fingerprint density at radius 1 is 0.855 bits per heavy atom. The summed E-state index contributed by atoms with van der Waals surface area (Å²) in [7, 11) is 0. The number of Topliss-reactive ketones (excluding diaryl/α,β-unsaturated/α-hetero) is 1. The molecule has 2 heterocycles. The highest BCUT2D eigenvalue weighted by molar-refractivity contribution is 6.30. The molecule has 0 bridgehead atoms. The van der Waals surface area contributed by atoms with Gasteiger partial charge in [0.25, 0.3) is 5.89 Å². The van der Waals surface area contributed by atoms with Gasteiger partial charge < -0.3 is 35.2 Å². The molecule has 1 aromatic heterocycles. The second kappa shape index (κ2) is 19.7. The van der Waals surface area contributed by atoms with E-state index in [9.17, 15) is 19.2 Å². The van der Waals surface area contributed by atoms with Gasteiger partial charge >= 0.3 is 6.09 Å². The number of ether oxygens (including phenoxy) is 2. The molecule has 0 unspecified atom stereocenters. The summed E-state index contributed by atoms with van der Waals surface area (Å²) in [4.78, 5) is 61.9. The molecule has 0 spiro atoms. The molecule has 2 fully saturated rings. The monoisotopic (exact) mass is 771 g/mol. The number of amides is 3. The van der Waals surface area contributed by atoms with Crippen molar-refractivity contribution in [2.24, 2.45) is 5.73 Å². The topological polar surface area (TPSA) is 166 Å². The van der Waals surface area contributed by atoms with E-state index < -0.39 is 47.9 Å². The first-order chi connectivity index (χ1) is 26.8. The number of carbonyl (C=O) groups is 4. The largest absolute Gasteiger partial charge is 0.446 e. The summed E-state index contributed by atoms with van der Waals surface area (Å²) < 4.78 is 17.8. The maximum absolute atomic E-state index is 14.6. The zero-order valence-corrected chi connectivity index (χ0v) is 31.8. The van der Waals surface area contributed by atoms with Crippen molar-refractivity contribution in [2.45, 2.75) is 108 Å². The number of rotatable bonds is 17. The van der Waals surface area contributed by atoms with Gasteiger partial charge in [-0.1, -0.05) is 72.6 Å². The van der Waals surface area contributed by atoms with Gasteiger partial charge in [-0.3, -0.25) is 14.4 Å². The number of unbranched alkanes of at least 4 members (excludes halogenated alkanes) is 1. The van der Waals surface area contributed by atoms with E-state index in [4.69, 9.17) is 31.2 Å². The predicted octanol–water partition coefficient (Wildman–Crippen LogP) is 6.52. The summed E-state index contributed by atoms with van der Waals surface area (Å²) in [5, 5.41) is 6.38. The lowest BCUT2D eigenvalue weighted by Gasteiger charge is -2.30. The zero-order chi connectivity index (χ0) is 38.6. The molecule has 3 aromatic carbocycles. The van der Waals surface area contributed by atoms with Crippen molar-refractivity contribution in [2.75, 3.05) is 13.1 Å². The number of aryl methyl sites for hydroxylation is 1. The molecule has 1 saturated carbocycles. The molecule has 6 rings (SSSR count). The number of fused-ring (bicyclic) bond motifs is 1. The van der Waals surface area contributed by atoms with Gasteiger partial charge in [-0.25, -0.2) is 9.78 Å². The van der Waals surface area contributed by atoms with Gasteiger partial charge in [0.1, 0.15) is 23.7 Å². The quantitative estimate of drug-likeness (QED) is 0.0800. The number of halogens is 1. The molecule has 12 nitrogen and oxygen atoms in total. The first-order valence-electron chi connectivity index (χ1n) is 19.3. The fraction of sp³-hybridized carbons (Fsp3) is 0.452. The maximum Gasteiger partial charge on any atom is 0.408 e. The Kier molecular flexibility index (Phi) is 14.3. The number of alkyl carbamates (subject to hydrolysis) is 1. The highest BCUT2D eigenvalue weighted by Crippen LogP contribution is 2.26. The number of para-hydroxylation sites is 2. The summed E-state index contributed by atoms with van der Waals surface area (Å²) in [5.74, 6) is -1.52. The molecule has 4 N–H and O–H groups in total. The molecule has 0 radical (unpaired) electrons. The predicted molar refractivity (Wildman–Crippen MR) is 208 cm³/mol. The number of hydrogen-bond donors (Lipinski definition) is 3. The molecule has 3 amide bonds. The van der Waals surface area contributed by atoms with Crippen molar-refractivity contribution in [3.05, 3.63) is 101 Å². The smallest absolute Gasteiger partial charge is 0.408 e. The van der Waals surface area contributed by atoms with Crippen LogP contribution in [-0.4, -0.2) is 77.0 Å². The van der Waals surface area contributed by atoms with Gasteiger partial charge in [0.05, 0.1) is 18.8 Å². The van der Waals surface area contributed by atoms with Crippen molar-refractivity contribution >= 4 is 46.4 Å². The number of carbonyl (C=O) groups excluding carboxylic acids is 4. The van der Waals surface area contributed by atoms with Crippen LogP contribution < -0.4 is 16.4 Å². The number of hydrogen-bond acceptors (Lipinski definition) is 9. The first-order valence-corrected chi connectivity index (χ1v) is 19.7. The molecule has 4 aromatic rings. The normalized spacial score (nSPS) is 18.5. The third-order valence-corrected chi connectivity index (χ3v) is 10.6. The standard InChI is InChI=1S/C42H50ClN5O7/c43-30-21-18-29(19-22-30)27-53-32-25-36(39(50)45-34(16-9-10-24-44)38(49)40-46-33-15-7-8-17-37(33)55-40)48(26-32)41(51)35(23-20-28-11-3-1-4-12-28)47-42(52)54-31-13-5-2-6-14-31/h1,3-4,7-8,11-12,15,17-19,21-22,31-32,34-36H,2,5-6,9-10,13-14,16,20,23-27,44H2,(H,45,50)(H,47,52)/t32-,34+,35-,36+/m1/s1. The Hall–Kier alpha value is -4.78. The highest BCUT2D eigenvalue weighted by atomic mass is 35.5. The molecular weight excluding hydrogens is 722 g/mol. The molecule has 1 aliphatic carbocycles. The van der Waals surface area contributed by atoms with Gasteiger partial charge in [-0.05, 0) is 99.7 Å².